The van der Waals surface area contributed by atoms with Crippen molar-refractivity contribution in [2.45, 2.75) is 41.0 Å². The van der Waals surface area contributed by atoms with Gasteiger partial charge in [0, 0.05) is 19.2 Å². The van der Waals surface area contributed by atoms with Gasteiger partial charge in [-0.15, -0.1) is 0 Å². The molecule has 0 atom stereocenters. The van der Waals surface area contributed by atoms with E-state index in [1.807, 2.05) is 6.92 Å². The molecule has 1 N–H and O–H groups in total. The molecular formula is C26H32N2. The maximum atomic E-state index is 7.32. The van der Waals surface area contributed by atoms with Crippen molar-refractivity contribution in [2.75, 3.05) is 6.54 Å². The number of hydrogen-bond donors (Lipinski definition) is 1. The number of rotatable bonds is 6. The molecule has 146 valence electrons. The quantitative estimate of drug-likeness (QED) is 0.551. The van der Waals surface area contributed by atoms with Crippen molar-refractivity contribution in [1.29, 1.82) is 5.26 Å². The van der Waals surface area contributed by atoms with Crippen molar-refractivity contribution in [2.24, 2.45) is 0 Å². The summed E-state index contributed by atoms with van der Waals surface area (Å²) >= 11 is 0. The van der Waals surface area contributed by atoms with Crippen LogP contribution in [-0.2, 0) is 0 Å². The molecule has 2 heteroatoms. The molecule has 0 fully saturated rings. The van der Waals surface area contributed by atoms with Crippen LogP contribution in [0.1, 0.15) is 50.8 Å². The van der Waals surface area contributed by atoms with Crippen LogP contribution in [0.25, 0.3) is 11.8 Å². The van der Waals surface area contributed by atoms with Crippen LogP contribution >= 0.6 is 0 Å². The normalized spacial score (nSPS) is 13.2. The van der Waals surface area contributed by atoms with Gasteiger partial charge in [0.1, 0.15) is 0 Å². The zero-order valence-corrected chi connectivity index (χ0v) is 17.9. The average molecular weight is 373 g/mol. The minimum Gasteiger partial charge on any atom is -0.381 e. The van der Waals surface area contributed by atoms with E-state index in [9.17, 15) is 0 Å². The highest BCUT2D eigenvalue weighted by molar-refractivity contribution is 5.68. The van der Waals surface area contributed by atoms with Gasteiger partial charge >= 0.3 is 0 Å². The van der Waals surface area contributed by atoms with Gasteiger partial charge in [0.2, 0.25) is 0 Å². The third-order valence-corrected chi connectivity index (χ3v) is 4.51. The van der Waals surface area contributed by atoms with Crippen molar-refractivity contribution in [3.8, 4) is 6.07 Å². The maximum Gasteiger partial charge on any atom is 0.0587 e. The lowest BCUT2D eigenvalue weighted by atomic mass is 9.99. The number of benzene rings is 1. The lowest BCUT2D eigenvalue weighted by Gasteiger charge is -2.13. The fourth-order valence-electron chi connectivity index (χ4n) is 2.65. The van der Waals surface area contributed by atoms with E-state index < -0.39 is 0 Å². The maximum absolute atomic E-state index is 7.32. The van der Waals surface area contributed by atoms with Gasteiger partial charge in [-0.05, 0) is 68.0 Å². The van der Waals surface area contributed by atoms with E-state index in [1.54, 1.807) is 6.07 Å². The highest BCUT2D eigenvalue weighted by Crippen LogP contribution is 2.21. The molecule has 0 heterocycles. The Morgan fingerprint density at radius 3 is 2.57 bits per heavy atom. The van der Waals surface area contributed by atoms with Crippen LogP contribution < -0.4 is 5.32 Å². The lowest BCUT2D eigenvalue weighted by molar-refractivity contribution is 0.928. The Hall–Kier alpha value is -3.05. The zero-order valence-electron chi connectivity index (χ0n) is 17.9. The number of nitrogens with one attached hydrogen (secondary N) is 1. The summed E-state index contributed by atoms with van der Waals surface area (Å²) in [5.41, 5.74) is 9.52. The Bertz CT molecular complexity index is 883. The molecule has 0 saturated carbocycles. The number of hydrogen-bond acceptors (Lipinski definition) is 2. The summed E-state index contributed by atoms with van der Waals surface area (Å²) in [4.78, 5) is 0. The molecule has 28 heavy (non-hydrogen) atoms. The van der Waals surface area contributed by atoms with Gasteiger partial charge in [-0.3, -0.25) is 0 Å². The molecule has 0 bridgehead atoms. The second-order valence-corrected chi connectivity index (χ2v) is 7.08. The SMILES string of the molecule is C=C(C)/C(C)=C/c1cc(C(=C)NCC2=CC(C)=CC=CC2)ccc1C.CC#N. The predicted molar refractivity (Wildman–Crippen MR) is 124 cm³/mol. The van der Waals surface area contributed by atoms with Gasteiger partial charge in [0.25, 0.3) is 0 Å². The lowest BCUT2D eigenvalue weighted by Crippen LogP contribution is -2.15. The van der Waals surface area contributed by atoms with E-state index >= 15 is 0 Å². The fourth-order valence-corrected chi connectivity index (χ4v) is 2.65. The van der Waals surface area contributed by atoms with E-state index in [0.717, 1.165) is 29.8 Å². The Labute approximate surface area is 171 Å². The third-order valence-electron chi connectivity index (χ3n) is 4.51. The minimum absolute atomic E-state index is 0.818. The first-order valence-electron chi connectivity index (χ1n) is 9.50. The molecule has 0 saturated heterocycles. The van der Waals surface area contributed by atoms with Crippen LogP contribution in [0.2, 0.25) is 0 Å². The zero-order chi connectivity index (χ0) is 21.1. The first-order valence-corrected chi connectivity index (χ1v) is 9.50. The third kappa shape index (κ3) is 7.68. The van der Waals surface area contributed by atoms with E-state index in [1.165, 1.54) is 34.8 Å². The molecule has 0 unspecified atom stereocenters. The largest absolute Gasteiger partial charge is 0.381 e. The average Bonchev–Trinajstić information content (AvgIpc) is 2.86. The van der Waals surface area contributed by atoms with E-state index in [-0.39, 0.29) is 0 Å². The second-order valence-electron chi connectivity index (χ2n) is 7.08. The Balaban J connectivity index is 0.00000122. The van der Waals surface area contributed by atoms with Gasteiger partial charge in [-0.1, -0.05) is 66.8 Å². The predicted octanol–water partition coefficient (Wildman–Crippen LogP) is 6.90. The molecule has 2 nitrogen and oxygen atoms in total. The summed E-state index contributed by atoms with van der Waals surface area (Å²) in [6.45, 7) is 18.9. The first-order chi connectivity index (χ1) is 13.3. The first kappa shape index (κ1) is 23.0. The minimum atomic E-state index is 0.818. The summed E-state index contributed by atoms with van der Waals surface area (Å²) in [5, 5.41) is 10.8. The smallest absolute Gasteiger partial charge is 0.0587 e. The second kappa shape index (κ2) is 11.6. The van der Waals surface area contributed by atoms with Crippen LogP contribution in [0.4, 0.5) is 0 Å². The van der Waals surface area contributed by atoms with Crippen LogP contribution in [0.3, 0.4) is 0 Å². The molecule has 1 aliphatic carbocycles. The van der Waals surface area contributed by atoms with E-state index in [2.05, 4.69) is 87.8 Å². The highest BCUT2D eigenvalue weighted by atomic mass is 14.9. The van der Waals surface area contributed by atoms with Crippen molar-refractivity contribution in [1.82, 2.24) is 5.32 Å². The molecule has 1 aromatic carbocycles. The van der Waals surface area contributed by atoms with Crippen molar-refractivity contribution in [3.05, 3.63) is 94.6 Å². The van der Waals surface area contributed by atoms with E-state index in [4.69, 9.17) is 5.26 Å². The van der Waals surface area contributed by atoms with Crippen LogP contribution in [-0.4, -0.2) is 6.54 Å². The van der Waals surface area contributed by atoms with Crippen LogP contribution in [0.15, 0.2) is 78.0 Å². The van der Waals surface area contributed by atoms with Crippen molar-refractivity contribution >= 4 is 11.8 Å². The monoisotopic (exact) mass is 372 g/mol. The van der Waals surface area contributed by atoms with Gasteiger partial charge in [0.15, 0.2) is 0 Å². The molecule has 1 aliphatic rings. The topological polar surface area (TPSA) is 35.8 Å². The number of nitrogens with zero attached hydrogens (tertiary/aromatic N) is 1. The molecule has 0 radical (unpaired) electrons. The van der Waals surface area contributed by atoms with E-state index in [0.29, 0.717) is 0 Å². The number of nitriles is 1. The summed E-state index contributed by atoms with van der Waals surface area (Å²) in [6, 6.07) is 8.23. The summed E-state index contributed by atoms with van der Waals surface area (Å²) in [5.74, 6) is 0. The van der Waals surface area contributed by atoms with Crippen LogP contribution in [0.5, 0.6) is 0 Å². The molecule has 0 aliphatic heterocycles. The molecule has 0 aromatic heterocycles. The highest BCUT2D eigenvalue weighted by Gasteiger charge is 2.05. The van der Waals surface area contributed by atoms with Gasteiger partial charge in [0.05, 0.1) is 6.07 Å². The summed E-state index contributed by atoms with van der Waals surface area (Å²) < 4.78 is 0. The van der Waals surface area contributed by atoms with Gasteiger partial charge in [-0.2, -0.15) is 5.26 Å². The number of aryl methyl sites for hydroxylation is 1. The fraction of sp³-hybridized carbons (Fsp3) is 0.269. The Kier molecular flexibility index (Phi) is 9.54. The Morgan fingerprint density at radius 2 is 1.93 bits per heavy atom. The summed E-state index contributed by atoms with van der Waals surface area (Å²) in [7, 11) is 0. The standard InChI is InChI=1S/C24H29N.C2H3N/c1-17(2)20(5)14-24-15-23(12-11-19(24)4)21(6)25-16-22-10-8-7-9-18(3)13-22;1-2-3/h7-9,11-15,25H,1,6,10,16H2,2-5H3;1H3/b20-14+;. The van der Waals surface area contributed by atoms with Crippen molar-refractivity contribution < 1.29 is 0 Å². The molecule has 0 spiro atoms. The van der Waals surface area contributed by atoms with Gasteiger partial charge in [-0.25, -0.2) is 0 Å². The van der Waals surface area contributed by atoms with Crippen molar-refractivity contribution in [3.63, 3.8) is 0 Å². The summed E-state index contributed by atoms with van der Waals surface area (Å²) in [6.07, 6.45) is 11.9. The molecule has 2 rings (SSSR count). The Morgan fingerprint density at radius 1 is 1.25 bits per heavy atom. The molecular weight excluding hydrogens is 340 g/mol. The van der Waals surface area contributed by atoms with Gasteiger partial charge < -0.3 is 5.32 Å². The molecule has 0 amide bonds. The van der Waals surface area contributed by atoms with Crippen LogP contribution in [0, 0.1) is 18.3 Å². The molecule has 1 aromatic rings. The number of allylic oxidation sites excluding steroid dienone is 7.